The summed E-state index contributed by atoms with van der Waals surface area (Å²) in [6.45, 7) is 0. The summed E-state index contributed by atoms with van der Waals surface area (Å²) < 4.78 is 26.8. The first-order valence-electron chi connectivity index (χ1n) is 8.32. The summed E-state index contributed by atoms with van der Waals surface area (Å²) >= 11 is 5.77. The predicted octanol–water partition coefficient (Wildman–Crippen LogP) is 5.36. The van der Waals surface area contributed by atoms with Gasteiger partial charge >= 0.3 is 0 Å². The molecule has 1 N–H and O–H groups in total. The van der Waals surface area contributed by atoms with Crippen LogP contribution in [0.5, 0.6) is 0 Å². The molecular formula is C20H16ClF2N3O. The third-order valence-corrected chi connectivity index (χ3v) is 4.25. The van der Waals surface area contributed by atoms with E-state index in [0.717, 1.165) is 5.56 Å². The van der Waals surface area contributed by atoms with Gasteiger partial charge in [0.15, 0.2) is 5.78 Å². The van der Waals surface area contributed by atoms with E-state index in [1.807, 2.05) is 6.07 Å². The maximum atomic E-state index is 14.0. The summed E-state index contributed by atoms with van der Waals surface area (Å²) in [6.07, 6.45) is 5.96. The fourth-order valence-electron chi connectivity index (χ4n) is 2.61. The second-order valence-electron chi connectivity index (χ2n) is 5.93. The van der Waals surface area contributed by atoms with Crippen molar-refractivity contribution in [2.24, 2.45) is 0 Å². The summed E-state index contributed by atoms with van der Waals surface area (Å²) in [7, 11) is 0. The molecule has 2 aromatic heterocycles. The van der Waals surface area contributed by atoms with Crippen molar-refractivity contribution in [3.8, 4) is 0 Å². The minimum absolute atomic E-state index is 0.102. The maximum Gasteiger partial charge on any atom is 0.212 e. The average molecular weight is 388 g/mol. The molecule has 2 heterocycles. The third kappa shape index (κ3) is 5.08. The first-order chi connectivity index (χ1) is 13.0. The lowest BCUT2D eigenvalue weighted by molar-refractivity contribution is 0.0980. The van der Waals surface area contributed by atoms with E-state index in [-0.39, 0.29) is 5.78 Å². The molecule has 3 aromatic rings. The van der Waals surface area contributed by atoms with Gasteiger partial charge in [-0.3, -0.25) is 9.78 Å². The van der Waals surface area contributed by atoms with Gasteiger partial charge in [0.05, 0.1) is 17.6 Å². The van der Waals surface area contributed by atoms with Gasteiger partial charge < -0.3 is 5.32 Å². The van der Waals surface area contributed by atoms with Gasteiger partial charge in [-0.15, -0.1) is 0 Å². The predicted molar refractivity (Wildman–Crippen MR) is 100 cm³/mol. The van der Waals surface area contributed by atoms with Crippen molar-refractivity contribution in [2.45, 2.75) is 19.3 Å². The Hall–Kier alpha value is -2.86. The SMILES string of the molecule is O=C(CCCc1ccncc1Nc1ccc(Cl)cc1F)c1ccc(F)nc1. The van der Waals surface area contributed by atoms with Gasteiger partial charge in [0.25, 0.3) is 0 Å². The molecule has 4 nitrogen and oxygen atoms in total. The van der Waals surface area contributed by atoms with Crippen LogP contribution in [0.2, 0.25) is 5.02 Å². The second kappa shape index (κ2) is 8.68. The van der Waals surface area contributed by atoms with Gasteiger partial charge in [0, 0.05) is 29.4 Å². The van der Waals surface area contributed by atoms with Crippen molar-refractivity contribution in [1.29, 1.82) is 0 Å². The Morgan fingerprint density at radius 3 is 2.67 bits per heavy atom. The number of benzene rings is 1. The Labute approximate surface area is 160 Å². The number of rotatable bonds is 7. The van der Waals surface area contributed by atoms with E-state index in [0.29, 0.717) is 41.2 Å². The minimum Gasteiger partial charge on any atom is -0.352 e. The lowest BCUT2D eigenvalue weighted by Gasteiger charge is -2.12. The zero-order valence-electron chi connectivity index (χ0n) is 14.3. The van der Waals surface area contributed by atoms with Gasteiger partial charge in [-0.05, 0) is 54.8 Å². The van der Waals surface area contributed by atoms with Crippen LogP contribution in [0.25, 0.3) is 0 Å². The van der Waals surface area contributed by atoms with E-state index in [9.17, 15) is 13.6 Å². The Kier molecular flexibility index (Phi) is 6.08. The highest BCUT2D eigenvalue weighted by atomic mass is 35.5. The normalized spacial score (nSPS) is 10.6. The van der Waals surface area contributed by atoms with E-state index in [4.69, 9.17) is 11.6 Å². The third-order valence-electron chi connectivity index (χ3n) is 4.01. The zero-order valence-corrected chi connectivity index (χ0v) is 15.0. The van der Waals surface area contributed by atoms with Crippen molar-refractivity contribution in [1.82, 2.24) is 9.97 Å². The Bertz CT molecular complexity index is 948. The molecule has 0 fully saturated rings. The van der Waals surface area contributed by atoms with Crippen molar-refractivity contribution in [3.05, 3.63) is 82.9 Å². The molecule has 0 unspecified atom stereocenters. The molecule has 0 bridgehead atoms. The molecule has 0 aliphatic rings. The largest absolute Gasteiger partial charge is 0.352 e. The van der Waals surface area contributed by atoms with Crippen LogP contribution in [0.4, 0.5) is 20.2 Å². The van der Waals surface area contributed by atoms with E-state index < -0.39 is 11.8 Å². The fourth-order valence-corrected chi connectivity index (χ4v) is 2.77. The highest BCUT2D eigenvalue weighted by molar-refractivity contribution is 6.30. The van der Waals surface area contributed by atoms with Crippen LogP contribution in [0.3, 0.4) is 0 Å². The molecule has 0 atom stereocenters. The number of pyridine rings is 2. The molecule has 0 saturated carbocycles. The van der Waals surface area contributed by atoms with Crippen LogP contribution in [0.1, 0.15) is 28.8 Å². The average Bonchev–Trinajstić information content (AvgIpc) is 2.65. The number of nitrogens with zero attached hydrogens (tertiary/aromatic N) is 2. The van der Waals surface area contributed by atoms with Crippen molar-refractivity contribution in [2.75, 3.05) is 5.32 Å². The molecule has 0 aliphatic carbocycles. The van der Waals surface area contributed by atoms with Gasteiger partial charge in [-0.1, -0.05) is 11.6 Å². The van der Waals surface area contributed by atoms with Gasteiger partial charge in [-0.2, -0.15) is 4.39 Å². The summed E-state index contributed by atoms with van der Waals surface area (Å²) in [6, 6.07) is 8.79. The Morgan fingerprint density at radius 2 is 1.93 bits per heavy atom. The smallest absolute Gasteiger partial charge is 0.212 e. The monoisotopic (exact) mass is 387 g/mol. The summed E-state index contributed by atoms with van der Waals surface area (Å²) in [5.74, 6) is -1.18. The lowest BCUT2D eigenvalue weighted by Crippen LogP contribution is -2.03. The second-order valence-corrected chi connectivity index (χ2v) is 6.36. The maximum absolute atomic E-state index is 14.0. The molecule has 0 amide bonds. The molecule has 0 spiro atoms. The number of hydrogen-bond acceptors (Lipinski definition) is 4. The molecule has 27 heavy (non-hydrogen) atoms. The van der Waals surface area contributed by atoms with Crippen molar-refractivity contribution < 1.29 is 13.6 Å². The zero-order chi connectivity index (χ0) is 19.2. The number of carbonyl (C=O) groups excluding carboxylic acids is 1. The number of carbonyl (C=O) groups is 1. The number of hydrogen-bond donors (Lipinski definition) is 1. The van der Waals surface area contributed by atoms with E-state index in [2.05, 4.69) is 15.3 Å². The van der Waals surface area contributed by atoms with Crippen molar-refractivity contribution in [3.63, 3.8) is 0 Å². The van der Waals surface area contributed by atoms with Gasteiger partial charge in [0.2, 0.25) is 5.95 Å². The van der Waals surface area contributed by atoms with Crippen LogP contribution in [-0.2, 0) is 6.42 Å². The number of nitrogens with one attached hydrogen (secondary N) is 1. The quantitative estimate of drug-likeness (QED) is 0.438. The molecule has 138 valence electrons. The molecule has 0 aliphatic heterocycles. The Balaban J connectivity index is 1.64. The number of aryl methyl sites for hydroxylation is 1. The van der Waals surface area contributed by atoms with E-state index in [1.165, 1.54) is 24.4 Å². The first-order valence-corrected chi connectivity index (χ1v) is 8.70. The lowest BCUT2D eigenvalue weighted by atomic mass is 10.0. The molecular weight excluding hydrogens is 372 g/mol. The number of anilines is 2. The summed E-state index contributed by atoms with van der Waals surface area (Å²) in [4.78, 5) is 19.7. The Morgan fingerprint density at radius 1 is 1.07 bits per heavy atom. The topological polar surface area (TPSA) is 54.9 Å². The van der Waals surface area contributed by atoms with Crippen LogP contribution >= 0.6 is 11.6 Å². The minimum atomic E-state index is -0.617. The molecule has 1 aromatic carbocycles. The molecule has 0 radical (unpaired) electrons. The van der Waals surface area contributed by atoms with Crippen LogP contribution in [0, 0.1) is 11.8 Å². The van der Waals surface area contributed by atoms with E-state index in [1.54, 1.807) is 24.5 Å². The van der Waals surface area contributed by atoms with Gasteiger partial charge in [0.1, 0.15) is 5.82 Å². The number of halogens is 3. The summed E-state index contributed by atoms with van der Waals surface area (Å²) in [5.41, 5.74) is 2.24. The number of Topliss-reactive ketones (excluding diaryl/α,β-unsaturated/α-hetero) is 1. The number of aromatic nitrogens is 2. The highest BCUT2D eigenvalue weighted by Gasteiger charge is 2.10. The number of ketones is 1. The fraction of sp³-hybridized carbons (Fsp3) is 0.150. The van der Waals surface area contributed by atoms with E-state index >= 15 is 0 Å². The van der Waals surface area contributed by atoms with Crippen LogP contribution in [-0.4, -0.2) is 15.8 Å². The standard InChI is InChI=1S/C20H16ClF2N3O/c21-15-5-6-17(16(22)10-15)26-18-12-24-9-8-13(18)2-1-3-19(27)14-4-7-20(23)25-11-14/h4-12,26H,1-3H2. The van der Waals surface area contributed by atoms with Crippen molar-refractivity contribution >= 4 is 28.8 Å². The highest BCUT2D eigenvalue weighted by Crippen LogP contribution is 2.25. The van der Waals surface area contributed by atoms with Gasteiger partial charge in [-0.25, -0.2) is 9.37 Å². The van der Waals surface area contributed by atoms with Crippen LogP contribution in [0.15, 0.2) is 55.0 Å². The van der Waals surface area contributed by atoms with Crippen LogP contribution < -0.4 is 5.32 Å². The first kappa shape index (κ1) is 18.9. The molecule has 3 rings (SSSR count). The summed E-state index contributed by atoms with van der Waals surface area (Å²) in [5, 5.41) is 3.33. The molecule has 0 saturated heterocycles. The molecule has 7 heteroatoms.